The molecule has 0 saturated carbocycles. The van der Waals surface area contributed by atoms with Crippen molar-refractivity contribution < 1.29 is 4.79 Å². The van der Waals surface area contributed by atoms with Gasteiger partial charge in [0.1, 0.15) is 12.2 Å². The van der Waals surface area contributed by atoms with E-state index in [0.717, 1.165) is 58.5 Å². The number of imidazole rings is 1. The lowest BCUT2D eigenvalue weighted by Crippen LogP contribution is -2.38. The summed E-state index contributed by atoms with van der Waals surface area (Å²) >= 11 is 0. The molecule has 2 aromatic carbocycles. The number of nitrogens with one attached hydrogen (secondary N) is 2. The average molecular weight is 473 g/mol. The standard InChI is InChI=1S/C27H32N6O2/c1-4-32-23-10-9-19(14-24(23)33(5-2)27(32)35)22-16-31(17-25(34)29-21-11-12-28-15-21)30-26(22)20-8-6-7-18(3)13-20/h6-10,13-14,16,21,28H,4-5,11-12,15,17H2,1-3H3,(H,29,34). The third-order valence-corrected chi connectivity index (χ3v) is 6.75. The lowest BCUT2D eigenvalue weighted by Gasteiger charge is -2.11. The fourth-order valence-electron chi connectivity index (χ4n) is 5.02. The summed E-state index contributed by atoms with van der Waals surface area (Å²) in [4.78, 5) is 25.6. The van der Waals surface area contributed by atoms with E-state index < -0.39 is 0 Å². The second-order valence-corrected chi connectivity index (χ2v) is 9.19. The molecule has 2 aromatic heterocycles. The first-order valence-electron chi connectivity index (χ1n) is 12.4. The summed E-state index contributed by atoms with van der Waals surface area (Å²) in [6.45, 7) is 9.15. The van der Waals surface area contributed by atoms with Crippen molar-refractivity contribution in [2.45, 2.75) is 52.9 Å². The van der Waals surface area contributed by atoms with E-state index in [1.54, 1.807) is 9.25 Å². The van der Waals surface area contributed by atoms with Crippen molar-refractivity contribution in [3.63, 3.8) is 0 Å². The molecule has 0 bridgehead atoms. The molecule has 2 N–H and O–H groups in total. The number of amides is 1. The van der Waals surface area contributed by atoms with Crippen LogP contribution < -0.4 is 16.3 Å². The van der Waals surface area contributed by atoms with Gasteiger partial charge in [0.05, 0.1) is 11.0 Å². The van der Waals surface area contributed by atoms with E-state index in [-0.39, 0.29) is 24.2 Å². The number of carbonyl (C=O) groups excluding carboxylic acids is 1. The predicted octanol–water partition coefficient (Wildman–Crippen LogP) is 3.16. The van der Waals surface area contributed by atoms with Crippen LogP contribution in [0, 0.1) is 6.92 Å². The Labute approximate surface area is 204 Å². The molecule has 1 fully saturated rings. The van der Waals surface area contributed by atoms with Crippen LogP contribution in [-0.4, -0.2) is 44.0 Å². The maximum Gasteiger partial charge on any atom is 0.329 e. The summed E-state index contributed by atoms with van der Waals surface area (Å²) in [5, 5.41) is 11.2. The predicted molar refractivity (Wildman–Crippen MR) is 138 cm³/mol. The normalized spacial score (nSPS) is 15.7. The minimum absolute atomic E-state index is 0.00910. The second-order valence-electron chi connectivity index (χ2n) is 9.19. The van der Waals surface area contributed by atoms with Crippen molar-refractivity contribution in [1.82, 2.24) is 29.5 Å². The molecule has 1 amide bonds. The zero-order valence-electron chi connectivity index (χ0n) is 20.5. The van der Waals surface area contributed by atoms with Gasteiger partial charge in [-0.1, -0.05) is 29.8 Å². The Morgan fingerprint density at radius 1 is 1.09 bits per heavy atom. The first kappa shape index (κ1) is 23.1. The maximum absolute atomic E-state index is 12.9. The average Bonchev–Trinajstić information content (AvgIpc) is 3.56. The minimum Gasteiger partial charge on any atom is -0.350 e. The number of rotatable bonds is 7. The molecule has 8 heteroatoms. The molecule has 3 heterocycles. The molecule has 8 nitrogen and oxygen atoms in total. The van der Waals surface area contributed by atoms with E-state index >= 15 is 0 Å². The van der Waals surface area contributed by atoms with Crippen LogP contribution in [0.5, 0.6) is 0 Å². The first-order valence-corrected chi connectivity index (χ1v) is 12.4. The van der Waals surface area contributed by atoms with Gasteiger partial charge < -0.3 is 10.6 Å². The van der Waals surface area contributed by atoms with Gasteiger partial charge in [0.15, 0.2) is 0 Å². The summed E-state index contributed by atoms with van der Waals surface area (Å²) in [5.41, 5.74) is 6.72. The third kappa shape index (κ3) is 4.41. The van der Waals surface area contributed by atoms with Crippen LogP contribution in [0.4, 0.5) is 0 Å². The zero-order chi connectivity index (χ0) is 24.5. The van der Waals surface area contributed by atoms with Crippen LogP contribution in [-0.2, 0) is 24.4 Å². The van der Waals surface area contributed by atoms with Crippen LogP contribution in [0.2, 0.25) is 0 Å². The molecule has 1 aliphatic heterocycles. The SMILES string of the molecule is CCn1c(=O)n(CC)c2cc(-c3cn(CC(=O)NC4CCNC4)nc3-c3cccc(C)c3)ccc21. The highest BCUT2D eigenvalue weighted by atomic mass is 16.2. The molecule has 35 heavy (non-hydrogen) atoms. The molecule has 0 radical (unpaired) electrons. The van der Waals surface area contributed by atoms with E-state index in [4.69, 9.17) is 5.10 Å². The van der Waals surface area contributed by atoms with Crippen molar-refractivity contribution in [2.75, 3.05) is 13.1 Å². The molecule has 1 unspecified atom stereocenters. The van der Waals surface area contributed by atoms with Crippen molar-refractivity contribution >= 4 is 16.9 Å². The smallest absolute Gasteiger partial charge is 0.329 e. The molecule has 182 valence electrons. The quantitative estimate of drug-likeness (QED) is 0.433. The number of hydrogen-bond acceptors (Lipinski definition) is 4. The number of fused-ring (bicyclic) bond motifs is 1. The number of benzene rings is 2. The molecular formula is C27H32N6O2. The topological polar surface area (TPSA) is 85.9 Å². The highest BCUT2D eigenvalue weighted by Gasteiger charge is 2.20. The number of aromatic nitrogens is 4. The fourth-order valence-corrected chi connectivity index (χ4v) is 5.02. The third-order valence-electron chi connectivity index (χ3n) is 6.75. The number of carbonyl (C=O) groups is 1. The molecule has 1 aliphatic rings. The summed E-state index contributed by atoms with van der Waals surface area (Å²) in [5.74, 6) is -0.0427. The van der Waals surface area contributed by atoms with Crippen molar-refractivity contribution in [1.29, 1.82) is 0 Å². The van der Waals surface area contributed by atoms with Crippen LogP contribution in [0.3, 0.4) is 0 Å². The van der Waals surface area contributed by atoms with Crippen molar-refractivity contribution in [3.8, 4) is 22.4 Å². The summed E-state index contributed by atoms with van der Waals surface area (Å²) < 4.78 is 5.33. The Balaban J connectivity index is 1.58. The van der Waals surface area contributed by atoms with Crippen LogP contribution in [0.15, 0.2) is 53.5 Å². The molecule has 1 atom stereocenters. The van der Waals surface area contributed by atoms with E-state index in [9.17, 15) is 9.59 Å². The van der Waals surface area contributed by atoms with Gasteiger partial charge in [-0.25, -0.2) is 4.79 Å². The lowest BCUT2D eigenvalue weighted by atomic mass is 10.0. The Morgan fingerprint density at radius 3 is 2.60 bits per heavy atom. The van der Waals surface area contributed by atoms with Crippen LogP contribution in [0.1, 0.15) is 25.8 Å². The number of hydrogen-bond donors (Lipinski definition) is 2. The fraction of sp³-hybridized carbons (Fsp3) is 0.370. The largest absolute Gasteiger partial charge is 0.350 e. The van der Waals surface area contributed by atoms with Gasteiger partial charge in [-0.15, -0.1) is 0 Å². The summed E-state index contributed by atoms with van der Waals surface area (Å²) in [6.07, 6.45) is 2.89. The zero-order valence-corrected chi connectivity index (χ0v) is 20.5. The van der Waals surface area contributed by atoms with E-state index in [0.29, 0.717) is 13.1 Å². The Hall–Kier alpha value is -3.65. The van der Waals surface area contributed by atoms with Gasteiger partial charge >= 0.3 is 5.69 Å². The van der Waals surface area contributed by atoms with E-state index in [2.05, 4.69) is 35.8 Å². The molecule has 4 aromatic rings. The van der Waals surface area contributed by atoms with E-state index in [1.807, 2.05) is 48.9 Å². The van der Waals surface area contributed by atoms with Gasteiger partial charge in [-0.2, -0.15) is 5.10 Å². The van der Waals surface area contributed by atoms with Gasteiger partial charge in [-0.05, 0) is 57.5 Å². The molecule has 0 aliphatic carbocycles. The van der Waals surface area contributed by atoms with Gasteiger partial charge in [0.2, 0.25) is 5.91 Å². The van der Waals surface area contributed by atoms with Crippen LogP contribution >= 0.6 is 0 Å². The lowest BCUT2D eigenvalue weighted by molar-refractivity contribution is -0.122. The van der Waals surface area contributed by atoms with Gasteiger partial charge in [0.25, 0.3) is 0 Å². The van der Waals surface area contributed by atoms with Crippen molar-refractivity contribution in [2.24, 2.45) is 0 Å². The molecular weight excluding hydrogens is 440 g/mol. The second kappa shape index (κ2) is 9.54. The highest BCUT2D eigenvalue weighted by Crippen LogP contribution is 2.33. The van der Waals surface area contributed by atoms with Gasteiger partial charge in [0, 0.05) is 43.0 Å². The van der Waals surface area contributed by atoms with Crippen molar-refractivity contribution in [3.05, 3.63) is 64.7 Å². The van der Waals surface area contributed by atoms with E-state index in [1.165, 1.54) is 0 Å². The summed E-state index contributed by atoms with van der Waals surface area (Å²) in [6, 6.07) is 14.5. The highest BCUT2D eigenvalue weighted by molar-refractivity contribution is 5.88. The Bertz CT molecular complexity index is 1440. The number of aryl methyl sites for hydroxylation is 3. The first-order chi connectivity index (χ1) is 17.0. The monoisotopic (exact) mass is 472 g/mol. The number of nitrogens with zero attached hydrogens (tertiary/aromatic N) is 4. The van der Waals surface area contributed by atoms with Crippen LogP contribution in [0.25, 0.3) is 33.4 Å². The molecule has 0 spiro atoms. The Kier molecular flexibility index (Phi) is 6.30. The van der Waals surface area contributed by atoms with Gasteiger partial charge in [-0.3, -0.25) is 18.6 Å². The maximum atomic E-state index is 12.9. The summed E-state index contributed by atoms with van der Waals surface area (Å²) in [7, 11) is 0. The Morgan fingerprint density at radius 2 is 1.89 bits per heavy atom. The molecule has 1 saturated heterocycles. The minimum atomic E-state index is -0.0427. The molecule has 5 rings (SSSR count).